The average Bonchev–Trinajstić information content (AvgIpc) is 2.95. The van der Waals surface area contributed by atoms with Gasteiger partial charge in [0, 0.05) is 13.1 Å². The minimum Gasteiger partial charge on any atom is -0.379 e. The van der Waals surface area contributed by atoms with E-state index in [-0.39, 0.29) is 0 Å². The lowest BCUT2D eigenvalue weighted by Crippen LogP contribution is -2.52. The summed E-state index contributed by atoms with van der Waals surface area (Å²) in [5, 5.41) is 0.809. The molecule has 3 amide bonds. The smallest absolute Gasteiger partial charge is 0.280 e. The highest BCUT2D eigenvalue weighted by atomic mass is 16.5. The molecule has 0 saturated carbocycles. The molecule has 2 aliphatic rings. The maximum Gasteiger partial charge on any atom is 0.280 e. The summed E-state index contributed by atoms with van der Waals surface area (Å²) < 4.78 is 5.38. The fourth-order valence-electron chi connectivity index (χ4n) is 3.46. The first-order chi connectivity index (χ1) is 13.2. The van der Waals surface area contributed by atoms with Crippen LogP contribution in [-0.4, -0.2) is 53.9 Å². The maximum absolute atomic E-state index is 13.1. The quantitative estimate of drug-likeness (QED) is 0.829. The van der Waals surface area contributed by atoms with Crippen molar-refractivity contribution in [3.63, 3.8) is 0 Å². The molecule has 0 aliphatic carbocycles. The number of morpholine rings is 1. The fourth-order valence-corrected chi connectivity index (χ4v) is 3.46. The van der Waals surface area contributed by atoms with Gasteiger partial charge in [-0.2, -0.15) is 5.01 Å². The monoisotopic (exact) mass is 365 g/mol. The molecule has 138 valence electrons. The normalized spacial score (nSPS) is 18.3. The van der Waals surface area contributed by atoms with Gasteiger partial charge < -0.3 is 4.74 Å². The molecule has 0 radical (unpaired) electrons. The second-order valence-corrected chi connectivity index (χ2v) is 6.43. The summed E-state index contributed by atoms with van der Waals surface area (Å²) in [4.78, 5) is 40.2. The molecule has 2 aromatic carbocycles. The van der Waals surface area contributed by atoms with Crippen LogP contribution in [0.3, 0.4) is 0 Å². The Bertz CT molecular complexity index is 843. The number of hydrazine groups is 1. The van der Waals surface area contributed by atoms with Crippen molar-refractivity contribution in [2.24, 2.45) is 0 Å². The summed E-state index contributed by atoms with van der Waals surface area (Å²) in [5.41, 5.74) is 3.93. The molecule has 1 fully saturated rings. The molecular weight excluding hydrogens is 346 g/mol. The second-order valence-electron chi connectivity index (χ2n) is 6.43. The Labute approximate surface area is 156 Å². The zero-order chi connectivity index (χ0) is 18.8. The Morgan fingerprint density at radius 2 is 1.44 bits per heavy atom. The molecule has 0 unspecified atom stereocenters. The molecule has 1 N–H and O–H groups in total. The minimum absolute atomic E-state index is 0.297. The molecule has 7 heteroatoms. The number of carbonyl (C=O) groups excluding carboxylic acids is 3. The number of hydrogen-bond acceptors (Lipinski definition) is 5. The molecule has 1 atom stereocenters. The lowest BCUT2D eigenvalue weighted by atomic mass is 10.0. The van der Waals surface area contributed by atoms with Crippen LogP contribution in [0.25, 0.3) is 0 Å². The number of nitrogens with one attached hydrogen (secondary N) is 1. The zero-order valence-electron chi connectivity index (χ0n) is 14.6. The highest BCUT2D eigenvalue weighted by molar-refractivity contribution is 6.21. The molecule has 0 bridgehead atoms. The van der Waals surface area contributed by atoms with E-state index >= 15 is 0 Å². The largest absolute Gasteiger partial charge is 0.379 e. The van der Waals surface area contributed by atoms with Crippen molar-refractivity contribution < 1.29 is 19.1 Å². The van der Waals surface area contributed by atoms with Gasteiger partial charge in [0.15, 0.2) is 0 Å². The van der Waals surface area contributed by atoms with Gasteiger partial charge in [-0.15, -0.1) is 0 Å². The SMILES string of the molecule is O=C(NN1C(=O)c2ccccc2C1=O)[C@@H](c1ccccc1)N1CCOCC1. The van der Waals surface area contributed by atoms with E-state index in [1.807, 2.05) is 35.2 Å². The molecule has 4 rings (SSSR count). The summed E-state index contributed by atoms with van der Waals surface area (Å²) in [6.07, 6.45) is 0. The molecule has 2 heterocycles. The topological polar surface area (TPSA) is 79.0 Å². The van der Waals surface area contributed by atoms with Gasteiger partial charge in [0.05, 0.1) is 24.3 Å². The molecule has 1 saturated heterocycles. The second kappa shape index (κ2) is 7.30. The summed E-state index contributed by atoms with van der Waals surface area (Å²) in [6.45, 7) is 2.25. The Morgan fingerprint density at radius 3 is 2.04 bits per heavy atom. The lowest BCUT2D eigenvalue weighted by molar-refractivity contribution is -0.131. The molecule has 2 aromatic rings. The van der Waals surface area contributed by atoms with Crippen molar-refractivity contribution in [1.29, 1.82) is 0 Å². The maximum atomic E-state index is 13.1. The van der Waals surface area contributed by atoms with Gasteiger partial charge in [0.2, 0.25) is 0 Å². The standard InChI is InChI=1S/C20H19N3O4/c24-18(21-23-19(25)15-8-4-5-9-16(15)20(23)26)17(14-6-2-1-3-7-14)22-10-12-27-13-11-22/h1-9,17H,10-13H2,(H,21,24)/t17-/m1/s1. The Balaban J connectivity index is 1.59. The fraction of sp³-hybridized carbons (Fsp3) is 0.250. The van der Waals surface area contributed by atoms with Crippen LogP contribution < -0.4 is 5.43 Å². The number of ether oxygens (including phenoxy) is 1. The van der Waals surface area contributed by atoms with Crippen LogP contribution in [0.2, 0.25) is 0 Å². The van der Waals surface area contributed by atoms with Gasteiger partial charge in [-0.25, -0.2) is 0 Å². The van der Waals surface area contributed by atoms with E-state index in [4.69, 9.17) is 4.74 Å². The van der Waals surface area contributed by atoms with Gasteiger partial charge in [-0.05, 0) is 17.7 Å². The number of imide groups is 1. The lowest BCUT2D eigenvalue weighted by Gasteiger charge is -2.34. The first kappa shape index (κ1) is 17.4. The Hall–Kier alpha value is -3.03. The molecule has 0 aromatic heterocycles. The van der Waals surface area contributed by atoms with Crippen molar-refractivity contribution in [1.82, 2.24) is 15.3 Å². The van der Waals surface area contributed by atoms with Crippen LogP contribution >= 0.6 is 0 Å². The summed E-state index contributed by atoms with van der Waals surface area (Å²) in [6, 6.07) is 15.3. The van der Waals surface area contributed by atoms with Crippen LogP contribution in [-0.2, 0) is 9.53 Å². The predicted molar refractivity (Wildman–Crippen MR) is 96.7 cm³/mol. The van der Waals surface area contributed by atoms with Crippen LogP contribution in [0, 0.1) is 0 Å². The van der Waals surface area contributed by atoms with E-state index in [9.17, 15) is 14.4 Å². The van der Waals surface area contributed by atoms with E-state index in [1.54, 1.807) is 24.3 Å². The van der Waals surface area contributed by atoms with Crippen molar-refractivity contribution in [2.75, 3.05) is 26.3 Å². The molecule has 0 spiro atoms. The van der Waals surface area contributed by atoms with Crippen LogP contribution in [0.15, 0.2) is 54.6 Å². The number of fused-ring (bicyclic) bond motifs is 1. The van der Waals surface area contributed by atoms with Crippen molar-refractivity contribution in [2.45, 2.75) is 6.04 Å². The van der Waals surface area contributed by atoms with Crippen LogP contribution in [0.4, 0.5) is 0 Å². The van der Waals surface area contributed by atoms with Gasteiger partial charge in [-0.3, -0.25) is 24.7 Å². The van der Waals surface area contributed by atoms with E-state index in [0.717, 1.165) is 10.6 Å². The van der Waals surface area contributed by atoms with E-state index in [1.165, 1.54) is 0 Å². The summed E-state index contributed by atoms with van der Waals surface area (Å²) in [7, 11) is 0. The highest BCUT2D eigenvalue weighted by Gasteiger charge is 2.39. The zero-order valence-corrected chi connectivity index (χ0v) is 14.6. The van der Waals surface area contributed by atoms with Crippen molar-refractivity contribution >= 4 is 17.7 Å². The van der Waals surface area contributed by atoms with Gasteiger partial charge in [-0.1, -0.05) is 42.5 Å². The van der Waals surface area contributed by atoms with Gasteiger partial charge >= 0.3 is 0 Å². The van der Waals surface area contributed by atoms with Gasteiger partial charge in [0.25, 0.3) is 17.7 Å². The number of hydrogen-bond donors (Lipinski definition) is 1. The molecule has 7 nitrogen and oxygen atoms in total. The molecular formula is C20H19N3O4. The number of carbonyl (C=O) groups is 3. The van der Waals surface area contributed by atoms with Crippen molar-refractivity contribution in [3.05, 3.63) is 71.3 Å². The van der Waals surface area contributed by atoms with Gasteiger partial charge in [0.1, 0.15) is 6.04 Å². The number of amides is 3. The first-order valence-electron chi connectivity index (χ1n) is 8.82. The third-order valence-electron chi connectivity index (χ3n) is 4.79. The Morgan fingerprint density at radius 1 is 0.889 bits per heavy atom. The predicted octanol–water partition coefficient (Wildman–Crippen LogP) is 1.39. The highest BCUT2D eigenvalue weighted by Crippen LogP contribution is 2.25. The number of rotatable bonds is 4. The van der Waals surface area contributed by atoms with E-state index in [2.05, 4.69) is 5.43 Å². The minimum atomic E-state index is -0.612. The molecule has 27 heavy (non-hydrogen) atoms. The third kappa shape index (κ3) is 3.22. The van der Waals surface area contributed by atoms with Crippen LogP contribution in [0.5, 0.6) is 0 Å². The summed E-state index contributed by atoms with van der Waals surface area (Å²) >= 11 is 0. The number of nitrogens with zero attached hydrogens (tertiary/aromatic N) is 2. The van der Waals surface area contributed by atoms with E-state index < -0.39 is 23.8 Å². The number of benzene rings is 2. The van der Waals surface area contributed by atoms with Crippen LogP contribution in [0.1, 0.15) is 32.3 Å². The molecule has 2 aliphatic heterocycles. The first-order valence-corrected chi connectivity index (χ1v) is 8.82. The van der Waals surface area contributed by atoms with Crippen molar-refractivity contribution in [3.8, 4) is 0 Å². The Kier molecular flexibility index (Phi) is 4.70. The summed E-state index contributed by atoms with van der Waals surface area (Å²) in [5.74, 6) is -1.45. The average molecular weight is 365 g/mol. The van der Waals surface area contributed by atoms with E-state index in [0.29, 0.717) is 37.4 Å². The third-order valence-corrected chi connectivity index (χ3v) is 4.79.